The van der Waals surface area contributed by atoms with Crippen LogP contribution >= 0.6 is 0 Å². The van der Waals surface area contributed by atoms with Crippen molar-refractivity contribution in [1.82, 2.24) is 5.32 Å². The Kier molecular flexibility index (Phi) is 7.53. The number of ether oxygens (including phenoxy) is 1. The summed E-state index contributed by atoms with van der Waals surface area (Å²) in [6, 6.07) is 0.353. The molecule has 1 fully saturated rings. The van der Waals surface area contributed by atoms with E-state index in [4.69, 9.17) is 4.74 Å². The first-order valence-electron chi connectivity index (χ1n) is 7.58. The quantitative estimate of drug-likeness (QED) is 0.571. The highest BCUT2D eigenvalue weighted by Crippen LogP contribution is 2.23. The molecular weight excluding hydrogens is 242 g/mol. The smallest absolute Gasteiger partial charge is 0.305 e. The van der Waals surface area contributed by atoms with Crippen molar-refractivity contribution in [2.24, 2.45) is 5.92 Å². The summed E-state index contributed by atoms with van der Waals surface area (Å²) < 4.78 is 4.85. The first-order valence-corrected chi connectivity index (χ1v) is 7.58. The lowest BCUT2D eigenvalue weighted by molar-refractivity contribution is -0.143. The van der Waals surface area contributed by atoms with Gasteiger partial charge in [-0.25, -0.2) is 0 Å². The third-order valence-corrected chi connectivity index (χ3v) is 3.80. The van der Waals surface area contributed by atoms with Crippen molar-refractivity contribution < 1.29 is 14.3 Å². The van der Waals surface area contributed by atoms with Gasteiger partial charge in [0.05, 0.1) is 6.61 Å². The lowest BCUT2D eigenvalue weighted by Gasteiger charge is -2.29. The van der Waals surface area contributed by atoms with Gasteiger partial charge in [0.2, 0.25) is 5.91 Å². The summed E-state index contributed by atoms with van der Waals surface area (Å²) >= 11 is 0. The molecule has 0 spiro atoms. The van der Waals surface area contributed by atoms with Gasteiger partial charge in [-0.1, -0.05) is 19.8 Å². The SMILES string of the molecule is CCOC(=O)CCCCC(=O)N[C@@H]1CCCC[C@@H]1C. The van der Waals surface area contributed by atoms with Crippen LogP contribution in [0.5, 0.6) is 0 Å². The molecule has 0 heterocycles. The van der Waals surface area contributed by atoms with E-state index in [0.29, 0.717) is 31.4 Å². The molecule has 0 radical (unpaired) electrons. The first kappa shape index (κ1) is 16.0. The van der Waals surface area contributed by atoms with E-state index in [0.717, 1.165) is 19.3 Å². The molecule has 1 aliphatic carbocycles. The molecule has 4 nitrogen and oxygen atoms in total. The Morgan fingerprint density at radius 1 is 1.16 bits per heavy atom. The van der Waals surface area contributed by atoms with Crippen LogP contribution in [0.15, 0.2) is 0 Å². The van der Waals surface area contributed by atoms with Crippen LogP contribution in [0.25, 0.3) is 0 Å². The second-order valence-electron chi connectivity index (χ2n) is 5.45. The van der Waals surface area contributed by atoms with Gasteiger partial charge in [0.1, 0.15) is 0 Å². The molecule has 1 saturated carbocycles. The third kappa shape index (κ3) is 6.60. The lowest BCUT2D eigenvalue weighted by atomic mass is 9.86. The number of hydrogen-bond donors (Lipinski definition) is 1. The molecule has 1 amide bonds. The minimum absolute atomic E-state index is 0.127. The number of hydrogen-bond acceptors (Lipinski definition) is 3. The summed E-state index contributed by atoms with van der Waals surface area (Å²) in [5, 5.41) is 3.13. The number of unbranched alkanes of at least 4 members (excludes halogenated alkanes) is 1. The molecular formula is C15H27NO3. The Labute approximate surface area is 116 Å². The van der Waals surface area contributed by atoms with E-state index in [9.17, 15) is 9.59 Å². The molecule has 0 aliphatic heterocycles. The first-order chi connectivity index (χ1) is 9.13. The van der Waals surface area contributed by atoms with Crippen molar-refractivity contribution in [3.8, 4) is 0 Å². The zero-order valence-corrected chi connectivity index (χ0v) is 12.2. The topological polar surface area (TPSA) is 55.4 Å². The van der Waals surface area contributed by atoms with Crippen LogP contribution in [0.1, 0.15) is 65.2 Å². The number of esters is 1. The Morgan fingerprint density at radius 3 is 2.53 bits per heavy atom. The van der Waals surface area contributed by atoms with Gasteiger partial charge in [-0.2, -0.15) is 0 Å². The summed E-state index contributed by atoms with van der Waals surface area (Å²) in [5.74, 6) is 0.559. The molecule has 1 rings (SSSR count). The van der Waals surface area contributed by atoms with Crippen molar-refractivity contribution >= 4 is 11.9 Å². The van der Waals surface area contributed by atoms with Crippen molar-refractivity contribution in [1.29, 1.82) is 0 Å². The highest BCUT2D eigenvalue weighted by Gasteiger charge is 2.22. The Bertz CT molecular complexity index is 291. The fourth-order valence-electron chi connectivity index (χ4n) is 2.60. The average molecular weight is 269 g/mol. The zero-order chi connectivity index (χ0) is 14.1. The Balaban J connectivity index is 2.09. The fraction of sp³-hybridized carbons (Fsp3) is 0.867. The predicted octanol–water partition coefficient (Wildman–Crippen LogP) is 2.80. The van der Waals surface area contributed by atoms with Gasteiger partial charge in [0, 0.05) is 18.9 Å². The van der Waals surface area contributed by atoms with Crippen molar-refractivity contribution in [3.63, 3.8) is 0 Å². The van der Waals surface area contributed by atoms with Crippen molar-refractivity contribution in [2.75, 3.05) is 6.61 Å². The Hall–Kier alpha value is -1.06. The number of carbonyl (C=O) groups excluding carboxylic acids is 2. The van der Waals surface area contributed by atoms with E-state index in [-0.39, 0.29) is 11.9 Å². The van der Waals surface area contributed by atoms with E-state index in [2.05, 4.69) is 12.2 Å². The van der Waals surface area contributed by atoms with Crippen LogP contribution in [0.2, 0.25) is 0 Å². The van der Waals surface area contributed by atoms with E-state index in [1.54, 1.807) is 6.92 Å². The van der Waals surface area contributed by atoms with E-state index in [1.165, 1.54) is 19.3 Å². The molecule has 0 unspecified atom stereocenters. The summed E-state index contributed by atoms with van der Waals surface area (Å²) in [6.45, 7) is 4.44. The van der Waals surface area contributed by atoms with Gasteiger partial charge in [-0.3, -0.25) is 9.59 Å². The van der Waals surface area contributed by atoms with Crippen LogP contribution in [-0.2, 0) is 14.3 Å². The molecule has 0 bridgehead atoms. The van der Waals surface area contributed by atoms with Gasteiger partial charge >= 0.3 is 5.97 Å². The van der Waals surface area contributed by atoms with Crippen LogP contribution in [0.3, 0.4) is 0 Å². The molecule has 4 heteroatoms. The minimum atomic E-state index is -0.163. The van der Waals surface area contributed by atoms with E-state index < -0.39 is 0 Å². The number of carbonyl (C=O) groups is 2. The minimum Gasteiger partial charge on any atom is -0.466 e. The summed E-state index contributed by atoms with van der Waals surface area (Å²) in [7, 11) is 0. The summed E-state index contributed by atoms with van der Waals surface area (Å²) in [6.07, 6.45) is 7.25. The highest BCUT2D eigenvalue weighted by molar-refractivity contribution is 5.76. The normalized spacial score (nSPS) is 22.8. The van der Waals surface area contributed by atoms with Crippen LogP contribution in [0.4, 0.5) is 0 Å². The lowest BCUT2D eigenvalue weighted by Crippen LogP contribution is -2.40. The van der Waals surface area contributed by atoms with Gasteiger partial charge < -0.3 is 10.1 Å². The molecule has 2 atom stereocenters. The predicted molar refractivity (Wildman–Crippen MR) is 74.7 cm³/mol. The third-order valence-electron chi connectivity index (χ3n) is 3.80. The van der Waals surface area contributed by atoms with Crippen LogP contribution in [-0.4, -0.2) is 24.5 Å². The molecule has 110 valence electrons. The van der Waals surface area contributed by atoms with Gasteiger partial charge in [-0.15, -0.1) is 0 Å². The van der Waals surface area contributed by atoms with Crippen molar-refractivity contribution in [2.45, 2.75) is 71.3 Å². The van der Waals surface area contributed by atoms with Crippen LogP contribution < -0.4 is 5.32 Å². The maximum Gasteiger partial charge on any atom is 0.305 e. The molecule has 0 aromatic carbocycles. The fourth-order valence-corrected chi connectivity index (χ4v) is 2.60. The highest BCUT2D eigenvalue weighted by atomic mass is 16.5. The molecule has 1 aliphatic rings. The zero-order valence-electron chi connectivity index (χ0n) is 12.2. The molecule has 0 aromatic heterocycles. The van der Waals surface area contributed by atoms with Crippen LogP contribution in [0, 0.1) is 5.92 Å². The van der Waals surface area contributed by atoms with Gasteiger partial charge in [0.15, 0.2) is 0 Å². The maximum absolute atomic E-state index is 11.8. The number of rotatable bonds is 7. The van der Waals surface area contributed by atoms with Gasteiger partial charge in [-0.05, 0) is 38.5 Å². The summed E-state index contributed by atoms with van der Waals surface area (Å²) in [4.78, 5) is 22.9. The molecule has 19 heavy (non-hydrogen) atoms. The maximum atomic E-state index is 11.8. The second kappa shape index (κ2) is 8.94. The molecule has 0 aromatic rings. The average Bonchev–Trinajstić information content (AvgIpc) is 2.38. The molecule has 1 N–H and O–H groups in total. The van der Waals surface area contributed by atoms with Crippen molar-refractivity contribution in [3.05, 3.63) is 0 Å². The second-order valence-corrected chi connectivity index (χ2v) is 5.45. The summed E-state index contributed by atoms with van der Waals surface area (Å²) in [5.41, 5.74) is 0. The van der Waals surface area contributed by atoms with Gasteiger partial charge in [0.25, 0.3) is 0 Å². The van der Waals surface area contributed by atoms with E-state index in [1.807, 2.05) is 0 Å². The largest absolute Gasteiger partial charge is 0.466 e. The Morgan fingerprint density at radius 2 is 1.84 bits per heavy atom. The van der Waals surface area contributed by atoms with E-state index >= 15 is 0 Å². The number of amides is 1. The monoisotopic (exact) mass is 269 g/mol. The number of nitrogens with one attached hydrogen (secondary N) is 1. The standard InChI is InChI=1S/C15H27NO3/c1-3-19-15(18)11-7-6-10-14(17)16-13-9-5-4-8-12(13)2/h12-13H,3-11H2,1-2H3,(H,16,17)/t12-,13+/m0/s1. The molecule has 0 saturated heterocycles.